The Bertz CT molecular complexity index is 411. The first-order chi connectivity index (χ1) is 6.42. The van der Waals surface area contributed by atoms with E-state index in [1.165, 1.54) is 4.73 Å². The molecule has 3 heteroatoms. The lowest BCUT2D eigenvalue weighted by Gasteiger charge is -1.96. The van der Waals surface area contributed by atoms with Crippen molar-refractivity contribution in [3.63, 3.8) is 0 Å². The Morgan fingerprint density at radius 2 is 1.92 bits per heavy atom. The Labute approximate surface area is 75.1 Å². The Hall–Kier alpha value is -1.64. The highest BCUT2D eigenvalue weighted by Crippen LogP contribution is 2.06. The van der Waals surface area contributed by atoms with Crippen LogP contribution in [0.2, 0.25) is 0 Å². The molecule has 0 unspecified atom stereocenters. The molecule has 0 aliphatic carbocycles. The van der Waals surface area contributed by atoms with Gasteiger partial charge >= 0.3 is 0 Å². The van der Waals surface area contributed by atoms with Crippen LogP contribution in [-0.2, 0) is 0 Å². The molecule has 1 aromatic heterocycles. The summed E-state index contributed by atoms with van der Waals surface area (Å²) < 4.78 is 13.4. The van der Waals surface area contributed by atoms with Crippen molar-refractivity contribution in [3.05, 3.63) is 42.6 Å². The highest BCUT2D eigenvalue weighted by Gasteiger charge is 2.07. The predicted molar refractivity (Wildman–Crippen MR) is 46.7 cm³/mol. The molecule has 0 atom stereocenters. The van der Waals surface area contributed by atoms with Gasteiger partial charge in [0.2, 0.25) is 6.20 Å². The molecule has 0 spiro atoms. The number of nitrogens with zero attached hydrogens (tertiary/aromatic N) is 1. The van der Waals surface area contributed by atoms with Crippen molar-refractivity contribution < 1.29 is 14.0 Å². The van der Waals surface area contributed by atoms with E-state index in [9.17, 15) is 4.39 Å². The van der Waals surface area contributed by atoms with Gasteiger partial charge in [-0.2, -0.15) is 4.39 Å². The third kappa shape index (κ3) is 1.45. The van der Waals surface area contributed by atoms with E-state index < -0.39 is 6.86 Å². The summed E-state index contributed by atoms with van der Waals surface area (Å²) in [5.41, 5.74) is 0.864. The molecule has 2 nitrogen and oxygen atoms in total. The summed E-state index contributed by atoms with van der Waals surface area (Å²) in [6.07, 6.45) is 1.68. The second-order valence-corrected chi connectivity index (χ2v) is 2.63. The number of rotatable bonds is 2. The van der Waals surface area contributed by atoms with Gasteiger partial charge in [0, 0.05) is 16.9 Å². The SMILES string of the molecule is FCO[n+]1cccc2ccccc21. The summed E-state index contributed by atoms with van der Waals surface area (Å²) >= 11 is 0. The van der Waals surface area contributed by atoms with Crippen molar-refractivity contribution in [2.45, 2.75) is 0 Å². The van der Waals surface area contributed by atoms with Crippen LogP contribution in [-0.4, -0.2) is 6.86 Å². The maximum atomic E-state index is 12.0. The van der Waals surface area contributed by atoms with Crippen molar-refractivity contribution >= 4 is 10.9 Å². The zero-order valence-electron chi connectivity index (χ0n) is 6.98. The number of fused-ring (bicyclic) bond motifs is 1. The molecule has 0 saturated heterocycles. The smallest absolute Gasteiger partial charge is 0.237 e. The summed E-state index contributed by atoms with van der Waals surface area (Å²) in [5.74, 6) is 0. The van der Waals surface area contributed by atoms with Crippen LogP contribution in [0.15, 0.2) is 42.6 Å². The van der Waals surface area contributed by atoms with Crippen LogP contribution in [0.25, 0.3) is 10.9 Å². The van der Waals surface area contributed by atoms with Gasteiger partial charge in [0.15, 0.2) is 0 Å². The summed E-state index contributed by atoms with van der Waals surface area (Å²) in [4.78, 5) is 4.77. The van der Waals surface area contributed by atoms with Gasteiger partial charge in [0.1, 0.15) is 0 Å². The molecule has 1 heterocycles. The minimum absolute atomic E-state index is 0.821. The highest BCUT2D eigenvalue weighted by molar-refractivity contribution is 5.74. The second-order valence-electron chi connectivity index (χ2n) is 2.63. The van der Waals surface area contributed by atoms with E-state index >= 15 is 0 Å². The van der Waals surface area contributed by atoms with E-state index in [2.05, 4.69) is 0 Å². The first kappa shape index (κ1) is 7.98. The predicted octanol–water partition coefficient (Wildman–Crippen LogP) is 1.48. The first-order valence-electron chi connectivity index (χ1n) is 4.00. The largest absolute Gasteiger partial charge is 0.297 e. The van der Waals surface area contributed by atoms with Gasteiger partial charge < -0.3 is 0 Å². The van der Waals surface area contributed by atoms with Gasteiger partial charge in [-0.05, 0) is 12.1 Å². The fourth-order valence-corrected chi connectivity index (χ4v) is 1.30. The van der Waals surface area contributed by atoms with E-state index in [1.54, 1.807) is 6.20 Å². The van der Waals surface area contributed by atoms with Crippen molar-refractivity contribution in [2.24, 2.45) is 0 Å². The number of alkyl halides is 1. The number of pyridine rings is 1. The van der Waals surface area contributed by atoms with E-state index in [0.717, 1.165) is 10.9 Å². The number of halogens is 1. The maximum absolute atomic E-state index is 12.0. The normalized spacial score (nSPS) is 10.2. The molecule has 2 rings (SSSR count). The maximum Gasteiger partial charge on any atom is 0.297 e. The Morgan fingerprint density at radius 1 is 1.15 bits per heavy atom. The molecule has 0 bridgehead atoms. The zero-order chi connectivity index (χ0) is 9.10. The van der Waals surface area contributed by atoms with Gasteiger partial charge in [-0.15, -0.1) is 0 Å². The average molecular weight is 178 g/mol. The zero-order valence-corrected chi connectivity index (χ0v) is 6.98. The van der Waals surface area contributed by atoms with E-state index in [0.29, 0.717) is 0 Å². The molecule has 1 aromatic carbocycles. The van der Waals surface area contributed by atoms with Crippen LogP contribution < -0.4 is 9.57 Å². The van der Waals surface area contributed by atoms with Crippen molar-refractivity contribution in [1.82, 2.24) is 0 Å². The number of hydrogen-bond acceptors (Lipinski definition) is 1. The van der Waals surface area contributed by atoms with Crippen molar-refractivity contribution in [3.8, 4) is 0 Å². The number of benzene rings is 1. The Morgan fingerprint density at radius 3 is 2.77 bits per heavy atom. The van der Waals surface area contributed by atoms with Crippen LogP contribution in [0.4, 0.5) is 4.39 Å². The van der Waals surface area contributed by atoms with Crippen molar-refractivity contribution in [2.75, 3.05) is 6.86 Å². The third-order valence-corrected chi connectivity index (χ3v) is 1.86. The number of hydrogen-bond donors (Lipinski definition) is 0. The first-order valence-corrected chi connectivity index (χ1v) is 4.00. The molecule has 0 fully saturated rings. The Balaban J connectivity index is 2.61. The minimum Gasteiger partial charge on any atom is -0.237 e. The lowest BCUT2D eigenvalue weighted by Crippen LogP contribution is -2.42. The van der Waals surface area contributed by atoms with Gasteiger partial charge in [-0.1, -0.05) is 12.1 Å². The van der Waals surface area contributed by atoms with Crippen LogP contribution in [0.3, 0.4) is 0 Å². The molecule has 0 aliphatic heterocycles. The molecule has 13 heavy (non-hydrogen) atoms. The molecule has 2 aromatic rings. The monoisotopic (exact) mass is 178 g/mol. The fraction of sp³-hybridized carbons (Fsp3) is 0.100. The van der Waals surface area contributed by atoms with Crippen LogP contribution in [0.5, 0.6) is 0 Å². The molecule has 0 N–H and O–H groups in total. The number of aromatic nitrogens is 1. The summed E-state index contributed by atoms with van der Waals surface area (Å²) in [6, 6.07) is 11.4. The fourth-order valence-electron chi connectivity index (χ4n) is 1.30. The lowest BCUT2D eigenvalue weighted by atomic mass is 10.2. The summed E-state index contributed by atoms with van der Waals surface area (Å²) in [5, 5.41) is 1.03. The molecule has 0 amide bonds. The summed E-state index contributed by atoms with van der Waals surface area (Å²) in [6.45, 7) is -0.821. The van der Waals surface area contributed by atoms with Gasteiger partial charge in [-0.25, -0.2) is 4.84 Å². The minimum atomic E-state index is -0.821. The van der Waals surface area contributed by atoms with Gasteiger partial charge in [0.25, 0.3) is 12.4 Å². The van der Waals surface area contributed by atoms with Crippen LogP contribution in [0.1, 0.15) is 0 Å². The van der Waals surface area contributed by atoms with Crippen LogP contribution in [0, 0.1) is 0 Å². The Kier molecular flexibility index (Phi) is 2.08. The second kappa shape index (κ2) is 3.39. The van der Waals surface area contributed by atoms with Crippen molar-refractivity contribution in [1.29, 1.82) is 0 Å². The standard InChI is InChI=1S/C10H9FNO/c11-8-13-12-7-3-5-9-4-1-2-6-10(9)12/h1-7H,8H2/q+1. The van der Waals surface area contributed by atoms with E-state index in [-0.39, 0.29) is 0 Å². The van der Waals surface area contributed by atoms with Gasteiger partial charge in [0.05, 0.1) is 5.39 Å². The molecule has 0 aliphatic rings. The number of para-hydroxylation sites is 1. The third-order valence-electron chi connectivity index (χ3n) is 1.86. The van der Waals surface area contributed by atoms with Crippen LogP contribution >= 0.6 is 0 Å². The van der Waals surface area contributed by atoms with E-state index in [1.807, 2.05) is 36.4 Å². The molecule has 0 radical (unpaired) electrons. The average Bonchev–Trinajstić information content (AvgIpc) is 2.19. The lowest BCUT2D eigenvalue weighted by molar-refractivity contribution is -0.875. The van der Waals surface area contributed by atoms with Gasteiger partial charge in [-0.3, -0.25) is 0 Å². The topological polar surface area (TPSA) is 13.1 Å². The highest BCUT2D eigenvalue weighted by atomic mass is 19.1. The van der Waals surface area contributed by atoms with E-state index in [4.69, 9.17) is 4.84 Å². The molecular weight excluding hydrogens is 169 g/mol. The quantitative estimate of drug-likeness (QED) is 0.635. The molecule has 0 saturated carbocycles. The summed E-state index contributed by atoms with van der Waals surface area (Å²) in [7, 11) is 0. The molecule has 66 valence electrons. The molecular formula is C10H9FNO+.